The molecule has 0 fully saturated rings. The molecule has 25 heavy (non-hydrogen) atoms. The molecule has 3 nitrogen and oxygen atoms in total. The smallest absolute Gasteiger partial charge is 0.205 e. The Bertz CT molecular complexity index is 802. The van der Waals surface area contributed by atoms with Gasteiger partial charge in [0.15, 0.2) is 11.5 Å². The number of rotatable bonds is 5. The van der Waals surface area contributed by atoms with E-state index in [-0.39, 0.29) is 0 Å². The molecule has 8 heteroatoms. The topological polar surface area (TPSA) is 27.7 Å². The number of hydrogen-bond donors (Lipinski definition) is 0. The van der Waals surface area contributed by atoms with E-state index in [1.54, 1.807) is 21.3 Å². The average molecular weight is 665 g/mol. The summed E-state index contributed by atoms with van der Waals surface area (Å²) in [5.41, 5.74) is 1.83. The summed E-state index contributed by atoms with van der Waals surface area (Å²) in [6.07, 6.45) is 0. The fraction of sp³-hybridized carbons (Fsp3) is 0.176. The van der Waals surface area contributed by atoms with Gasteiger partial charge >= 0.3 is 0 Å². The zero-order valence-corrected chi connectivity index (χ0v) is 21.4. The van der Waals surface area contributed by atoms with Crippen LogP contribution in [0, 0.1) is 0 Å². The number of ether oxygens (including phenoxy) is 3. The molecule has 0 aliphatic heterocycles. The van der Waals surface area contributed by atoms with Crippen LogP contribution in [-0.2, 0) is 0 Å². The van der Waals surface area contributed by atoms with E-state index in [0.29, 0.717) is 17.2 Å². The van der Waals surface area contributed by atoms with E-state index in [4.69, 9.17) is 14.2 Å². The number of methoxy groups -OCH3 is 3. The quantitative estimate of drug-likeness (QED) is 0.308. The lowest BCUT2D eigenvalue weighted by Gasteiger charge is -2.20. The minimum absolute atomic E-state index is 0.504. The van der Waals surface area contributed by atoms with Crippen LogP contribution < -0.4 is 14.2 Å². The van der Waals surface area contributed by atoms with Crippen molar-refractivity contribution in [2.75, 3.05) is 21.3 Å². The predicted molar refractivity (Wildman–Crippen MR) is 120 cm³/mol. The Morgan fingerprint density at radius 3 is 1.64 bits per heavy atom. The maximum Gasteiger partial charge on any atom is 0.205 e. The lowest BCUT2D eigenvalue weighted by Crippen LogP contribution is -2.00. The highest BCUT2D eigenvalue weighted by atomic mass is 79.9. The van der Waals surface area contributed by atoms with Gasteiger partial charge in [-0.1, -0.05) is 34.1 Å². The molecule has 0 bridgehead atoms. The Balaban J connectivity index is 2.82. The maximum absolute atomic E-state index is 5.52. The van der Waals surface area contributed by atoms with Crippen molar-refractivity contribution < 1.29 is 14.2 Å². The van der Waals surface area contributed by atoms with Gasteiger partial charge in [0.1, 0.15) is 0 Å². The minimum Gasteiger partial charge on any atom is -0.492 e. The summed E-state index contributed by atoms with van der Waals surface area (Å²) in [6.45, 7) is 0. The lowest BCUT2D eigenvalue weighted by molar-refractivity contribution is 0.321. The molecule has 0 aromatic heterocycles. The minimum atomic E-state index is 0.504. The molecular formula is C17H13Br5O3. The molecule has 0 radical (unpaired) electrons. The Morgan fingerprint density at radius 2 is 1.20 bits per heavy atom. The largest absolute Gasteiger partial charge is 0.492 e. The van der Waals surface area contributed by atoms with Crippen LogP contribution in [0.1, 0.15) is 11.1 Å². The van der Waals surface area contributed by atoms with Crippen LogP contribution in [-0.4, -0.2) is 21.3 Å². The van der Waals surface area contributed by atoms with Crippen LogP contribution in [0.2, 0.25) is 0 Å². The van der Waals surface area contributed by atoms with E-state index in [2.05, 4.69) is 79.6 Å². The Kier molecular flexibility index (Phi) is 7.88. The molecule has 0 aliphatic rings. The van der Waals surface area contributed by atoms with Gasteiger partial charge in [-0.3, -0.25) is 0 Å². The SMILES string of the molecule is COc1c(Br)c(C(Br)=C(Br)c2ccccc2Br)c(Br)c(OC)c1OC. The molecule has 0 aliphatic carbocycles. The summed E-state index contributed by atoms with van der Waals surface area (Å²) in [6, 6.07) is 7.93. The molecule has 0 N–H and O–H groups in total. The molecule has 0 saturated carbocycles. The van der Waals surface area contributed by atoms with Crippen molar-refractivity contribution in [2.45, 2.75) is 0 Å². The number of halogens is 5. The van der Waals surface area contributed by atoms with E-state index < -0.39 is 0 Å². The molecule has 2 rings (SSSR count). The summed E-state index contributed by atoms with van der Waals surface area (Å²) in [4.78, 5) is 0. The van der Waals surface area contributed by atoms with E-state index in [0.717, 1.165) is 33.5 Å². The average Bonchev–Trinajstić information content (AvgIpc) is 2.60. The zero-order chi connectivity index (χ0) is 18.7. The molecule has 0 heterocycles. The summed E-state index contributed by atoms with van der Waals surface area (Å²) in [5, 5.41) is 0. The van der Waals surface area contributed by atoms with Gasteiger partial charge in [-0.15, -0.1) is 0 Å². The number of hydrogen-bond acceptors (Lipinski definition) is 3. The van der Waals surface area contributed by atoms with E-state index >= 15 is 0 Å². The second-order valence-corrected chi connectivity index (χ2v) is 8.74. The Morgan fingerprint density at radius 1 is 0.720 bits per heavy atom. The maximum atomic E-state index is 5.52. The second-order valence-electron chi connectivity index (χ2n) is 4.71. The standard InChI is InChI=1S/C17H13Br5O3/c1-23-15-13(21)10(14(22)16(24-2)17(15)25-3)12(20)11(19)8-6-4-5-7-9(8)18/h4-7H,1-3H3. The first kappa shape index (κ1) is 21.3. The monoisotopic (exact) mass is 660 g/mol. The Hall–Kier alpha value is -0.0200. The molecule has 0 atom stereocenters. The first-order valence-electron chi connectivity index (χ1n) is 6.86. The summed E-state index contributed by atoms with van der Waals surface area (Å²) in [7, 11) is 4.74. The number of benzene rings is 2. The van der Waals surface area contributed by atoms with Gasteiger partial charge in [0, 0.05) is 24.6 Å². The van der Waals surface area contributed by atoms with Gasteiger partial charge in [-0.2, -0.15) is 0 Å². The van der Waals surface area contributed by atoms with Gasteiger partial charge in [0.2, 0.25) is 5.75 Å². The molecular weight excluding hydrogens is 652 g/mol. The van der Waals surface area contributed by atoms with Crippen molar-refractivity contribution in [3.8, 4) is 17.2 Å². The van der Waals surface area contributed by atoms with E-state index in [1.807, 2.05) is 24.3 Å². The van der Waals surface area contributed by atoms with E-state index in [1.165, 1.54) is 0 Å². The third-order valence-corrected chi connectivity index (χ3v) is 7.74. The molecule has 2 aromatic carbocycles. The fourth-order valence-electron chi connectivity index (χ4n) is 2.24. The third-order valence-electron chi connectivity index (χ3n) is 3.39. The Labute approximate surface area is 188 Å². The highest BCUT2D eigenvalue weighted by Crippen LogP contribution is 2.54. The molecule has 0 unspecified atom stereocenters. The van der Waals surface area contributed by atoms with Crippen LogP contribution in [0.15, 0.2) is 37.7 Å². The molecule has 0 amide bonds. The van der Waals surface area contributed by atoms with Crippen molar-refractivity contribution in [1.82, 2.24) is 0 Å². The molecule has 0 spiro atoms. The first-order chi connectivity index (χ1) is 11.9. The summed E-state index contributed by atoms with van der Waals surface area (Å²) in [5.74, 6) is 1.59. The molecule has 134 valence electrons. The van der Waals surface area contributed by atoms with Gasteiger partial charge in [0.25, 0.3) is 0 Å². The molecule has 2 aromatic rings. The van der Waals surface area contributed by atoms with Gasteiger partial charge in [-0.25, -0.2) is 0 Å². The highest BCUT2D eigenvalue weighted by Gasteiger charge is 2.26. The van der Waals surface area contributed by atoms with Crippen molar-refractivity contribution in [3.05, 3.63) is 48.8 Å². The van der Waals surface area contributed by atoms with Gasteiger partial charge < -0.3 is 14.2 Å². The highest BCUT2D eigenvalue weighted by molar-refractivity contribution is 9.18. The predicted octanol–water partition coefficient (Wildman–Crippen LogP) is 7.62. The summed E-state index contributed by atoms with van der Waals surface area (Å²) < 4.78 is 20.6. The normalized spacial score (nSPS) is 11.8. The fourth-order valence-corrected chi connectivity index (χ4v) is 6.41. The van der Waals surface area contributed by atoms with Gasteiger partial charge in [0.05, 0.1) is 30.3 Å². The second kappa shape index (κ2) is 9.26. The van der Waals surface area contributed by atoms with Crippen molar-refractivity contribution in [3.63, 3.8) is 0 Å². The van der Waals surface area contributed by atoms with Crippen LogP contribution in [0.4, 0.5) is 0 Å². The van der Waals surface area contributed by atoms with Crippen molar-refractivity contribution in [2.24, 2.45) is 0 Å². The van der Waals surface area contributed by atoms with Crippen LogP contribution in [0.3, 0.4) is 0 Å². The summed E-state index contributed by atoms with van der Waals surface area (Å²) >= 11 is 18.2. The lowest BCUT2D eigenvalue weighted by atomic mass is 10.1. The van der Waals surface area contributed by atoms with Gasteiger partial charge in [-0.05, 0) is 69.8 Å². The van der Waals surface area contributed by atoms with Crippen LogP contribution in [0.5, 0.6) is 17.2 Å². The molecule has 0 saturated heterocycles. The van der Waals surface area contributed by atoms with E-state index in [9.17, 15) is 0 Å². The third kappa shape index (κ3) is 4.13. The zero-order valence-electron chi connectivity index (χ0n) is 13.4. The van der Waals surface area contributed by atoms with Crippen LogP contribution in [0.25, 0.3) is 8.96 Å². The van der Waals surface area contributed by atoms with Crippen LogP contribution >= 0.6 is 79.6 Å². The van der Waals surface area contributed by atoms with Crippen molar-refractivity contribution in [1.29, 1.82) is 0 Å². The first-order valence-corrected chi connectivity index (χ1v) is 10.8. The van der Waals surface area contributed by atoms with Crippen molar-refractivity contribution >= 4 is 88.6 Å².